The SMILES string of the molecule is CN(C)CCCCn1c2ccc(-c3nc4ccc(N5CCN(CCO)CC5)cc4[nH]3)cc2c2cc(-c3nc4ccc(N5CCN(CCO)CC5)cc4[nH]3)ccc21. The highest BCUT2D eigenvalue weighted by Crippen LogP contribution is 2.36. The van der Waals surface area contributed by atoms with E-state index in [1.807, 2.05) is 0 Å². The van der Waals surface area contributed by atoms with Gasteiger partial charge in [-0.15, -0.1) is 0 Å². The Morgan fingerprint density at radius 1 is 0.571 bits per heavy atom. The monoisotopic (exact) mass is 754 g/mol. The Bertz CT molecular complexity index is 2290. The van der Waals surface area contributed by atoms with Gasteiger partial charge in [-0.05, 0) is 106 Å². The Kier molecular flexibility index (Phi) is 10.4. The van der Waals surface area contributed by atoms with E-state index in [1.54, 1.807) is 0 Å². The highest BCUT2D eigenvalue weighted by molar-refractivity contribution is 6.10. The number of anilines is 2. The first-order valence-corrected chi connectivity index (χ1v) is 20.3. The number of imidazole rings is 2. The minimum absolute atomic E-state index is 0.210. The minimum atomic E-state index is 0.210. The number of aromatic amines is 2. The van der Waals surface area contributed by atoms with Crippen LogP contribution in [0, 0.1) is 0 Å². The number of aliphatic hydroxyl groups is 2. The number of benzene rings is 4. The molecule has 56 heavy (non-hydrogen) atoms. The standard InChI is InChI=1S/C44H54N10O2/c1-49(2)13-3-4-14-54-41-11-5-31(43-45-37-9-7-33(29-39(37)47-43)52-19-15-50(16-20-52)23-25-55)27-35(41)36-28-32(6-12-42(36)54)44-46-38-10-8-34(30-40(38)48-44)53-21-17-51(18-22-53)24-26-56/h5-12,27-30,55-56H,3-4,13-26H2,1-2H3,(H,45,47)(H,46,48). The summed E-state index contributed by atoms with van der Waals surface area (Å²) < 4.78 is 2.49. The van der Waals surface area contributed by atoms with Gasteiger partial charge < -0.3 is 39.4 Å². The topological polar surface area (TPSA) is 119 Å². The number of H-pyrrole nitrogens is 2. The van der Waals surface area contributed by atoms with Gasteiger partial charge in [0.1, 0.15) is 11.6 Å². The second kappa shape index (κ2) is 15.9. The molecule has 4 N–H and O–H groups in total. The molecule has 5 heterocycles. The fraction of sp³-hybridized carbons (Fsp3) is 0.409. The lowest BCUT2D eigenvalue weighted by Gasteiger charge is -2.35. The third kappa shape index (κ3) is 7.35. The first-order valence-electron chi connectivity index (χ1n) is 20.3. The largest absolute Gasteiger partial charge is 0.395 e. The lowest BCUT2D eigenvalue weighted by molar-refractivity contribution is 0.188. The number of aliphatic hydroxyl groups excluding tert-OH is 2. The summed E-state index contributed by atoms with van der Waals surface area (Å²) in [5, 5.41) is 21.1. The summed E-state index contributed by atoms with van der Waals surface area (Å²) in [7, 11) is 4.28. The Labute approximate surface area is 327 Å². The van der Waals surface area contributed by atoms with Gasteiger partial charge in [-0.2, -0.15) is 0 Å². The first kappa shape index (κ1) is 36.6. The number of β-amino-alcohol motifs (C(OH)–C–C–N with tert-alkyl or cyclic N) is 2. The molecule has 2 fully saturated rings. The molecule has 2 aliphatic rings. The molecule has 0 aliphatic carbocycles. The second-order valence-corrected chi connectivity index (χ2v) is 15.8. The maximum absolute atomic E-state index is 9.35. The van der Waals surface area contributed by atoms with Gasteiger partial charge in [-0.25, -0.2) is 9.97 Å². The van der Waals surface area contributed by atoms with Crippen LogP contribution in [0.5, 0.6) is 0 Å². The van der Waals surface area contributed by atoms with Crippen molar-refractivity contribution in [1.29, 1.82) is 0 Å². The average Bonchev–Trinajstić information content (AvgIpc) is 3.93. The number of hydrogen-bond acceptors (Lipinski definition) is 9. The maximum Gasteiger partial charge on any atom is 0.138 e. The zero-order chi connectivity index (χ0) is 38.2. The predicted molar refractivity (Wildman–Crippen MR) is 229 cm³/mol. The highest BCUT2D eigenvalue weighted by Gasteiger charge is 2.20. The summed E-state index contributed by atoms with van der Waals surface area (Å²) in [4.78, 5) is 29.2. The molecule has 0 saturated carbocycles. The summed E-state index contributed by atoms with van der Waals surface area (Å²) in [5.74, 6) is 1.75. The third-order valence-electron chi connectivity index (χ3n) is 11.9. The molecule has 0 bridgehead atoms. The number of unbranched alkanes of at least 4 members (excludes halogenated alkanes) is 1. The normalized spacial score (nSPS) is 16.2. The molecule has 2 aliphatic heterocycles. The third-order valence-corrected chi connectivity index (χ3v) is 11.9. The van der Waals surface area contributed by atoms with E-state index in [4.69, 9.17) is 9.97 Å². The van der Waals surface area contributed by atoms with Crippen molar-refractivity contribution in [1.82, 2.24) is 39.2 Å². The van der Waals surface area contributed by atoms with Crippen molar-refractivity contribution in [3.8, 4) is 22.8 Å². The van der Waals surface area contributed by atoms with Crippen molar-refractivity contribution in [2.75, 3.05) is 109 Å². The van der Waals surface area contributed by atoms with E-state index in [0.717, 1.165) is 136 Å². The fourth-order valence-corrected chi connectivity index (χ4v) is 8.74. The summed E-state index contributed by atoms with van der Waals surface area (Å²) in [6, 6.07) is 26.7. The molecule has 292 valence electrons. The van der Waals surface area contributed by atoms with Crippen molar-refractivity contribution in [3.05, 3.63) is 72.8 Å². The lowest BCUT2D eigenvalue weighted by atomic mass is 10.1. The first-order chi connectivity index (χ1) is 27.4. The number of piperazine rings is 2. The van der Waals surface area contributed by atoms with Gasteiger partial charge in [0.05, 0.1) is 35.3 Å². The van der Waals surface area contributed by atoms with E-state index in [9.17, 15) is 10.2 Å². The van der Waals surface area contributed by atoms with Gasteiger partial charge in [-0.3, -0.25) is 9.80 Å². The predicted octanol–water partition coefficient (Wildman–Crippen LogP) is 5.45. The zero-order valence-corrected chi connectivity index (χ0v) is 32.7. The number of aryl methyl sites for hydroxylation is 1. The van der Waals surface area contributed by atoms with Crippen LogP contribution in [0.4, 0.5) is 11.4 Å². The summed E-state index contributed by atoms with van der Waals surface area (Å²) in [5.41, 5.74) is 11.0. The molecule has 12 nitrogen and oxygen atoms in total. The average molecular weight is 755 g/mol. The Hall–Kier alpha value is -4.98. The van der Waals surface area contributed by atoms with Crippen molar-refractivity contribution in [3.63, 3.8) is 0 Å². The van der Waals surface area contributed by atoms with Crippen molar-refractivity contribution < 1.29 is 10.2 Å². The van der Waals surface area contributed by atoms with Crippen LogP contribution in [0.2, 0.25) is 0 Å². The van der Waals surface area contributed by atoms with Crippen molar-refractivity contribution in [2.45, 2.75) is 19.4 Å². The minimum Gasteiger partial charge on any atom is -0.395 e. The molecule has 3 aromatic heterocycles. The molecule has 0 radical (unpaired) electrons. The molecule has 9 rings (SSSR count). The van der Waals surface area contributed by atoms with Crippen LogP contribution in [0.25, 0.3) is 66.6 Å². The van der Waals surface area contributed by atoms with Gasteiger partial charge in [0, 0.05) is 116 Å². The van der Waals surface area contributed by atoms with Crippen LogP contribution in [-0.2, 0) is 6.54 Å². The van der Waals surface area contributed by atoms with E-state index in [2.05, 4.69) is 126 Å². The van der Waals surface area contributed by atoms with E-state index >= 15 is 0 Å². The van der Waals surface area contributed by atoms with Crippen LogP contribution >= 0.6 is 0 Å². The Morgan fingerprint density at radius 3 is 1.50 bits per heavy atom. The molecule has 4 aromatic carbocycles. The smallest absolute Gasteiger partial charge is 0.138 e. The van der Waals surface area contributed by atoms with Gasteiger partial charge in [0.2, 0.25) is 0 Å². The molecule has 0 atom stereocenters. The van der Waals surface area contributed by atoms with E-state index in [1.165, 1.54) is 33.2 Å². The second-order valence-electron chi connectivity index (χ2n) is 15.8. The quantitative estimate of drug-likeness (QED) is 0.114. The van der Waals surface area contributed by atoms with Gasteiger partial charge in [0.15, 0.2) is 0 Å². The number of aromatic nitrogens is 5. The van der Waals surface area contributed by atoms with Crippen LogP contribution in [0.3, 0.4) is 0 Å². The highest BCUT2D eigenvalue weighted by atomic mass is 16.3. The molecular weight excluding hydrogens is 701 g/mol. The van der Waals surface area contributed by atoms with Crippen LogP contribution in [0.15, 0.2) is 72.8 Å². The summed E-state index contributed by atoms with van der Waals surface area (Å²) in [6.07, 6.45) is 2.24. The Balaban J connectivity index is 1.04. The molecule has 0 amide bonds. The van der Waals surface area contributed by atoms with Crippen LogP contribution < -0.4 is 9.80 Å². The maximum atomic E-state index is 9.35. The van der Waals surface area contributed by atoms with E-state index in [0.29, 0.717) is 0 Å². The number of rotatable bonds is 13. The lowest BCUT2D eigenvalue weighted by Crippen LogP contribution is -2.47. The van der Waals surface area contributed by atoms with Gasteiger partial charge >= 0.3 is 0 Å². The molecule has 0 unspecified atom stereocenters. The molecular formula is C44H54N10O2. The molecule has 2 saturated heterocycles. The fourth-order valence-electron chi connectivity index (χ4n) is 8.74. The molecule has 7 aromatic rings. The number of hydrogen-bond donors (Lipinski definition) is 4. The Morgan fingerprint density at radius 2 is 1.05 bits per heavy atom. The van der Waals surface area contributed by atoms with E-state index < -0.39 is 0 Å². The molecule has 12 heteroatoms. The summed E-state index contributed by atoms with van der Waals surface area (Å²) >= 11 is 0. The number of nitrogens with one attached hydrogen (secondary N) is 2. The van der Waals surface area contributed by atoms with Crippen molar-refractivity contribution in [2.24, 2.45) is 0 Å². The van der Waals surface area contributed by atoms with E-state index in [-0.39, 0.29) is 13.2 Å². The van der Waals surface area contributed by atoms with Gasteiger partial charge in [-0.1, -0.05) is 0 Å². The number of nitrogens with zero attached hydrogens (tertiary/aromatic N) is 8. The number of fused-ring (bicyclic) bond motifs is 5. The van der Waals surface area contributed by atoms with Crippen molar-refractivity contribution >= 4 is 55.2 Å². The van der Waals surface area contributed by atoms with Crippen LogP contribution in [-0.4, -0.2) is 149 Å². The molecule has 0 spiro atoms. The summed E-state index contributed by atoms with van der Waals surface area (Å²) in [6.45, 7) is 11.6. The van der Waals surface area contributed by atoms with Crippen LogP contribution in [0.1, 0.15) is 12.8 Å². The van der Waals surface area contributed by atoms with Gasteiger partial charge in [0.25, 0.3) is 0 Å². The zero-order valence-electron chi connectivity index (χ0n) is 32.7.